The van der Waals surface area contributed by atoms with Gasteiger partial charge in [-0.2, -0.15) is 0 Å². The first-order chi connectivity index (χ1) is 10.7. The molecule has 0 radical (unpaired) electrons. The molecule has 4 aliphatic carbocycles. The molecule has 0 aromatic rings. The van der Waals surface area contributed by atoms with E-state index in [4.69, 9.17) is 0 Å². The molecule has 3 saturated carbocycles. The Labute approximate surface area is 138 Å². The molecule has 1 spiro atoms. The largest absolute Gasteiger partial charge is 0.481 e. The van der Waals surface area contributed by atoms with Crippen LogP contribution in [0.25, 0.3) is 0 Å². The molecule has 23 heavy (non-hydrogen) atoms. The fraction of sp³-hybridized carbons (Fsp3) is 0.750. The zero-order valence-electron chi connectivity index (χ0n) is 14.3. The maximum atomic E-state index is 12.1. The van der Waals surface area contributed by atoms with E-state index in [1.54, 1.807) is 6.92 Å². The van der Waals surface area contributed by atoms with Crippen LogP contribution in [0.3, 0.4) is 0 Å². The molecule has 4 aliphatic rings. The SMILES string of the molecule is C=C1C[C@]23CC[C@H]4C(C)(C(=O)O)C(O)CC[C@]4(C)C2=CC[C@@H]1C3. The number of carboxylic acid groups (broad SMARTS) is 1. The molecular formula is C20H28O3. The first kappa shape index (κ1) is 15.4. The van der Waals surface area contributed by atoms with Crippen molar-refractivity contribution in [1.29, 1.82) is 0 Å². The first-order valence-electron chi connectivity index (χ1n) is 9.04. The molecule has 126 valence electrons. The van der Waals surface area contributed by atoms with E-state index in [9.17, 15) is 15.0 Å². The zero-order valence-corrected chi connectivity index (χ0v) is 14.3. The Morgan fingerprint density at radius 2 is 2.04 bits per heavy atom. The minimum Gasteiger partial charge on any atom is -0.481 e. The fourth-order valence-electron chi connectivity index (χ4n) is 6.82. The number of aliphatic hydroxyl groups is 1. The predicted molar refractivity (Wildman–Crippen MR) is 88.8 cm³/mol. The summed E-state index contributed by atoms with van der Waals surface area (Å²) in [6.45, 7) is 8.37. The van der Waals surface area contributed by atoms with Gasteiger partial charge >= 0.3 is 5.97 Å². The van der Waals surface area contributed by atoms with Gasteiger partial charge in [-0.3, -0.25) is 4.79 Å². The van der Waals surface area contributed by atoms with Crippen molar-refractivity contribution in [3.63, 3.8) is 0 Å². The quantitative estimate of drug-likeness (QED) is 0.721. The molecule has 6 atom stereocenters. The summed E-state index contributed by atoms with van der Waals surface area (Å²) in [6, 6.07) is 0. The highest BCUT2D eigenvalue weighted by molar-refractivity contribution is 5.76. The van der Waals surface area contributed by atoms with Crippen LogP contribution in [0.5, 0.6) is 0 Å². The molecule has 0 aliphatic heterocycles. The van der Waals surface area contributed by atoms with Gasteiger partial charge in [0, 0.05) is 0 Å². The van der Waals surface area contributed by atoms with Crippen molar-refractivity contribution in [2.24, 2.45) is 28.1 Å². The number of carbonyl (C=O) groups is 1. The number of carboxylic acids is 1. The Bertz CT molecular complexity index is 620. The Balaban J connectivity index is 1.81. The third-order valence-electron chi connectivity index (χ3n) is 8.07. The summed E-state index contributed by atoms with van der Waals surface area (Å²) in [7, 11) is 0. The smallest absolute Gasteiger partial charge is 0.312 e. The standard InChI is InChI=1S/C20H28O3/c1-12-10-20-9-6-14-18(2,15(20)5-4-13(12)11-20)8-7-16(21)19(14,3)17(22)23/h5,13-14,16,21H,1,4,6-11H2,2-3H3,(H,22,23)/t13-,14-,16?,18+,19?,20+/m1/s1. The molecule has 2 N–H and O–H groups in total. The van der Waals surface area contributed by atoms with Crippen molar-refractivity contribution >= 4 is 5.97 Å². The van der Waals surface area contributed by atoms with Gasteiger partial charge in [-0.15, -0.1) is 0 Å². The summed E-state index contributed by atoms with van der Waals surface area (Å²) in [4.78, 5) is 12.1. The molecule has 3 nitrogen and oxygen atoms in total. The van der Waals surface area contributed by atoms with E-state index in [0.29, 0.717) is 12.3 Å². The average molecular weight is 316 g/mol. The molecule has 0 heterocycles. The molecule has 0 aromatic carbocycles. The van der Waals surface area contributed by atoms with Gasteiger partial charge in [0.1, 0.15) is 0 Å². The van der Waals surface area contributed by atoms with E-state index >= 15 is 0 Å². The Morgan fingerprint density at radius 3 is 2.74 bits per heavy atom. The van der Waals surface area contributed by atoms with Crippen LogP contribution in [-0.4, -0.2) is 22.3 Å². The van der Waals surface area contributed by atoms with Gasteiger partial charge < -0.3 is 10.2 Å². The number of fused-ring (bicyclic) bond motifs is 3. The summed E-state index contributed by atoms with van der Waals surface area (Å²) in [5, 5.41) is 20.4. The van der Waals surface area contributed by atoms with E-state index in [1.807, 2.05) is 0 Å². The lowest BCUT2D eigenvalue weighted by Crippen LogP contribution is -2.59. The van der Waals surface area contributed by atoms with Crippen molar-refractivity contribution in [3.8, 4) is 0 Å². The van der Waals surface area contributed by atoms with Gasteiger partial charge in [0.15, 0.2) is 0 Å². The van der Waals surface area contributed by atoms with Crippen molar-refractivity contribution in [3.05, 3.63) is 23.8 Å². The van der Waals surface area contributed by atoms with Crippen LogP contribution in [-0.2, 0) is 4.79 Å². The molecule has 3 fully saturated rings. The maximum absolute atomic E-state index is 12.1. The molecule has 4 rings (SSSR count). The van der Waals surface area contributed by atoms with Gasteiger partial charge in [-0.25, -0.2) is 0 Å². The first-order valence-corrected chi connectivity index (χ1v) is 9.04. The highest BCUT2D eigenvalue weighted by atomic mass is 16.4. The van der Waals surface area contributed by atoms with Crippen LogP contribution in [0.2, 0.25) is 0 Å². The number of aliphatic carboxylic acids is 1. The molecule has 0 aromatic heterocycles. The van der Waals surface area contributed by atoms with Gasteiger partial charge in [0.05, 0.1) is 11.5 Å². The summed E-state index contributed by atoms with van der Waals surface area (Å²) in [6.07, 6.45) is 8.55. The summed E-state index contributed by atoms with van der Waals surface area (Å²) in [5.74, 6) is -0.167. The summed E-state index contributed by atoms with van der Waals surface area (Å²) >= 11 is 0. The number of aliphatic hydroxyl groups excluding tert-OH is 1. The lowest BCUT2D eigenvalue weighted by atomic mass is 9.43. The maximum Gasteiger partial charge on any atom is 0.312 e. The second-order valence-electron chi connectivity index (χ2n) is 9.02. The van der Waals surface area contributed by atoms with E-state index in [2.05, 4.69) is 19.6 Å². The third kappa shape index (κ3) is 1.72. The summed E-state index contributed by atoms with van der Waals surface area (Å²) < 4.78 is 0. The normalized spacial score (nSPS) is 51.7. The van der Waals surface area contributed by atoms with Crippen molar-refractivity contribution < 1.29 is 15.0 Å². The Kier molecular flexibility index (Phi) is 3.02. The number of hydrogen-bond donors (Lipinski definition) is 2. The highest BCUT2D eigenvalue weighted by Crippen LogP contribution is 2.70. The number of allylic oxidation sites excluding steroid dienone is 3. The van der Waals surface area contributed by atoms with E-state index < -0.39 is 17.5 Å². The molecule has 3 heteroatoms. The van der Waals surface area contributed by atoms with E-state index in [0.717, 1.165) is 32.1 Å². The predicted octanol–water partition coefficient (Wildman–Crippen LogP) is 3.93. The second kappa shape index (κ2) is 4.50. The van der Waals surface area contributed by atoms with Crippen LogP contribution in [0.15, 0.2) is 23.8 Å². The van der Waals surface area contributed by atoms with Crippen LogP contribution >= 0.6 is 0 Å². The van der Waals surface area contributed by atoms with Crippen LogP contribution in [0, 0.1) is 28.1 Å². The van der Waals surface area contributed by atoms with E-state index in [-0.39, 0.29) is 16.7 Å². The van der Waals surface area contributed by atoms with Crippen LogP contribution in [0.1, 0.15) is 58.8 Å². The third-order valence-corrected chi connectivity index (χ3v) is 8.07. The van der Waals surface area contributed by atoms with Crippen molar-refractivity contribution in [1.82, 2.24) is 0 Å². The molecule has 0 saturated heterocycles. The van der Waals surface area contributed by atoms with Gasteiger partial charge in [0.25, 0.3) is 0 Å². The minimum absolute atomic E-state index is 0.0264. The van der Waals surface area contributed by atoms with Gasteiger partial charge in [0.2, 0.25) is 0 Å². The lowest BCUT2D eigenvalue weighted by Gasteiger charge is -2.61. The topological polar surface area (TPSA) is 57.5 Å². The summed E-state index contributed by atoms with van der Waals surface area (Å²) in [5.41, 5.74) is 2.04. The monoisotopic (exact) mass is 316 g/mol. The molecule has 2 unspecified atom stereocenters. The number of hydrogen-bond acceptors (Lipinski definition) is 2. The Morgan fingerprint density at radius 1 is 1.30 bits per heavy atom. The van der Waals surface area contributed by atoms with Crippen molar-refractivity contribution in [2.75, 3.05) is 0 Å². The average Bonchev–Trinajstić information content (AvgIpc) is 2.73. The molecular weight excluding hydrogens is 288 g/mol. The zero-order chi connectivity index (χ0) is 16.6. The lowest BCUT2D eigenvalue weighted by molar-refractivity contribution is -0.178. The second-order valence-corrected chi connectivity index (χ2v) is 9.02. The van der Waals surface area contributed by atoms with Crippen LogP contribution < -0.4 is 0 Å². The Hall–Kier alpha value is -1.09. The minimum atomic E-state index is -1.03. The fourth-order valence-corrected chi connectivity index (χ4v) is 6.82. The van der Waals surface area contributed by atoms with Gasteiger partial charge in [-0.1, -0.05) is 30.7 Å². The van der Waals surface area contributed by atoms with E-state index in [1.165, 1.54) is 17.6 Å². The molecule has 0 amide bonds. The number of rotatable bonds is 1. The highest BCUT2D eigenvalue weighted by Gasteiger charge is 2.64. The van der Waals surface area contributed by atoms with Gasteiger partial charge in [-0.05, 0) is 74.5 Å². The van der Waals surface area contributed by atoms with Crippen molar-refractivity contribution in [2.45, 2.75) is 64.9 Å². The van der Waals surface area contributed by atoms with Crippen LogP contribution in [0.4, 0.5) is 0 Å². The molecule has 2 bridgehead atoms.